The van der Waals surface area contributed by atoms with Crippen LogP contribution < -0.4 is 10.6 Å². The minimum atomic E-state index is 0.0787. The summed E-state index contributed by atoms with van der Waals surface area (Å²) in [4.78, 5) is 13.9. The highest BCUT2D eigenvalue weighted by molar-refractivity contribution is 6.01. The number of nitrogens with zero attached hydrogens (tertiary/aromatic N) is 2. The summed E-state index contributed by atoms with van der Waals surface area (Å²) in [6, 6.07) is 14.9. The van der Waals surface area contributed by atoms with Crippen molar-refractivity contribution in [3.05, 3.63) is 59.2 Å². The Bertz CT molecular complexity index is 713. The van der Waals surface area contributed by atoms with Crippen LogP contribution in [0.3, 0.4) is 0 Å². The summed E-state index contributed by atoms with van der Waals surface area (Å²) in [5, 5.41) is 8.78. The first-order valence-electron chi connectivity index (χ1n) is 6.35. The van der Waals surface area contributed by atoms with Crippen LogP contribution in [-0.4, -0.2) is 5.91 Å². The molecule has 0 saturated heterocycles. The molecule has 98 valence electrons. The fraction of sp³-hybridized carbons (Fsp3) is 0.125. The van der Waals surface area contributed by atoms with Crippen molar-refractivity contribution in [3.8, 4) is 6.07 Å². The smallest absolute Gasteiger partial charge is 0.231 e. The highest BCUT2D eigenvalue weighted by Crippen LogP contribution is 2.31. The zero-order valence-electron chi connectivity index (χ0n) is 10.8. The van der Waals surface area contributed by atoms with Crippen molar-refractivity contribution in [2.24, 2.45) is 0 Å². The Morgan fingerprint density at radius 2 is 1.95 bits per heavy atom. The van der Waals surface area contributed by atoms with Crippen LogP contribution in [-0.2, 0) is 17.8 Å². The molecule has 0 radical (unpaired) electrons. The average molecular weight is 263 g/mol. The molecule has 0 fully saturated rings. The molecule has 0 aromatic heterocycles. The van der Waals surface area contributed by atoms with E-state index in [4.69, 9.17) is 11.0 Å². The predicted molar refractivity (Wildman–Crippen MR) is 76.9 cm³/mol. The molecule has 20 heavy (non-hydrogen) atoms. The standard InChI is InChI=1S/C16H13N3O/c17-9-11-1-3-12(4-2-11)10-19-15-6-5-14(18)7-13(15)8-16(19)20/h1-7H,8,10,18H2. The van der Waals surface area contributed by atoms with E-state index < -0.39 is 0 Å². The van der Waals surface area contributed by atoms with E-state index in [1.54, 1.807) is 17.0 Å². The van der Waals surface area contributed by atoms with Gasteiger partial charge in [-0.05, 0) is 41.5 Å². The number of carbonyl (C=O) groups excluding carboxylic acids is 1. The molecule has 4 nitrogen and oxygen atoms in total. The second-order valence-electron chi connectivity index (χ2n) is 4.85. The van der Waals surface area contributed by atoms with E-state index in [-0.39, 0.29) is 5.91 Å². The van der Waals surface area contributed by atoms with Crippen LogP contribution in [0.2, 0.25) is 0 Å². The quantitative estimate of drug-likeness (QED) is 0.845. The van der Waals surface area contributed by atoms with Crippen LogP contribution in [0.15, 0.2) is 42.5 Å². The topological polar surface area (TPSA) is 70.1 Å². The van der Waals surface area contributed by atoms with Gasteiger partial charge in [0, 0.05) is 11.4 Å². The van der Waals surface area contributed by atoms with Gasteiger partial charge in [-0.25, -0.2) is 0 Å². The van der Waals surface area contributed by atoms with Gasteiger partial charge < -0.3 is 10.6 Å². The molecule has 0 aliphatic carbocycles. The van der Waals surface area contributed by atoms with Gasteiger partial charge in [0.1, 0.15) is 0 Å². The number of fused-ring (bicyclic) bond motifs is 1. The molecular formula is C16H13N3O. The Labute approximate surface area is 117 Å². The second kappa shape index (κ2) is 4.71. The monoisotopic (exact) mass is 263 g/mol. The number of nitriles is 1. The van der Waals surface area contributed by atoms with Crippen LogP contribution in [0.25, 0.3) is 0 Å². The Morgan fingerprint density at radius 3 is 2.65 bits per heavy atom. The zero-order chi connectivity index (χ0) is 14.1. The molecule has 0 spiro atoms. The Morgan fingerprint density at radius 1 is 1.20 bits per heavy atom. The van der Waals surface area contributed by atoms with E-state index in [1.165, 1.54) is 0 Å². The molecule has 1 amide bonds. The van der Waals surface area contributed by atoms with Crippen molar-refractivity contribution in [1.82, 2.24) is 0 Å². The number of hydrogen-bond donors (Lipinski definition) is 1. The fourth-order valence-electron chi connectivity index (χ4n) is 2.44. The summed E-state index contributed by atoms with van der Waals surface area (Å²) in [5.74, 6) is 0.0787. The minimum Gasteiger partial charge on any atom is -0.399 e. The second-order valence-corrected chi connectivity index (χ2v) is 4.85. The fourth-order valence-corrected chi connectivity index (χ4v) is 2.44. The molecule has 2 aromatic carbocycles. The van der Waals surface area contributed by atoms with Gasteiger partial charge in [0.05, 0.1) is 24.6 Å². The van der Waals surface area contributed by atoms with Crippen molar-refractivity contribution in [1.29, 1.82) is 5.26 Å². The van der Waals surface area contributed by atoms with Crippen molar-refractivity contribution in [3.63, 3.8) is 0 Å². The maximum atomic E-state index is 12.1. The van der Waals surface area contributed by atoms with Gasteiger partial charge in [0.25, 0.3) is 0 Å². The number of nitrogen functional groups attached to an aromatic ring is 1. The highest BCUT2D eigenvalue weighted by Gasteiger charge is 2.27. The minimum absolute atomic E-state index is 0.0787. The first kappa shape index (κ1) is 12.2. The largest absolute Gasteiger partial charge is 0.399 e. The third-order valence-corrected chi connectivity index (χ3v) is 3.46. The molecule has 2 N–H and O–H groups in total. The van der Waals surface area contributed by atoms with Gasteiger partial charge >= 0.3 is 0 Å². The summed E-state index contributed by atoms with van der Waals surface area (Å²) in [6.07, 6.45) is 0.399. The molecule has 0 saturated carbocycles. The van der Waals surface area contributed by atoms with Gasteiger partial charge in [-0.15, -0.1) is 0 Å². The van der Waals surface area contributed by atoms with E-state index in [0.717, 1.165) is 16.8 Å². The molecule has 2 aromatic rings. The van der Waals surface area contributed by atoms with Gasteiger partial charge in [-0.3, -0.25) is 4.79 Å². The Kier molecular flexibility index (Phi) is 2.88. The summed E-state index contributed by atoms with van der Waals surface area (Å²) in [7, 11) is 0. The van der Waals surface area contributed by atoms with Crippen LogP contribution >= 0.6 is 0 Å². The van der Waals surface area contributed by atoms with Crippen molar-refractivity contribution >= 4 is 17.3 Å². The van der Waals surface area contributed by atoms with E-state index in [0.29, 0.717) is 24.2 Å². The lowest BCUT2D eigenvalue weighted by atomic mass is 10.1. The maximum Gasteiger partial charge on any atom is 0.231 e. The van der Waals surface area contributed by atoms with E-state index in [2.05, 4.69) is 6.07 Å². The van der Waals surface area contributed by atoms with Crippen molar-refractivity contribution < 1.29 is 4.79 Å². The third kappa shape index (κ3) is 2.10. The molecule has 3 rings (SSSR count). The SMILES string of the molecule is N#Cc1ccc(CN2C(=O)Cc3cc(N)ccc32)cc1. The lowest BCUT2D eigenvalue weighted by Gasteiger charge is -2.17. The molecule has 0 bridgehead atoms. The van der Waals surface area contributed by atoms with Gasteiger partial charge in [-0.2, -0.15) is 5.26 Å². The molecule has 0 atom stereocenters. The third-order valence-electron chi connectivity index (χ3n) is 3.46. The lowest BCUT2D eigenvalue weighted by Crippen LogP contribution is -2.25. The number of rotatable bonds is 2. The highest BCUT2D eigenvalue weighted by atomic mass is 16.2. The van der Waals surface area contributed by atoms with Crippen molar-refractivity contribution in [2.75, 3.05) is 10.6 Å². The maximum absolute atomic E-state index is 12.1. The number of hydrogen-bond acceptors (Lipinski definition) is 3. The summed E-state index contributed by atoms with van der Waals surface area (Å²) in [6.45, 7) is 0.515. The van der Waals surface area contributed by atoms with Gasteiger partial charge in [-0.1, -0.05) is 12.1 Å². The zero-order valence-corrected chi connectivity index (χ0v) is 10.8. The normalized spacial score (nSPS) is 13.2. The number of nitrogens with two attached hydrogens (primary N) is 1. The summed E-state index contributed by atoms with van der Waals surface area (Å²) < 4.78 is 0. The first-order valence-corrected chi connectivity index (χ1v) is 6.35. The van der Waals surface area contributed by atoms with E-state index in [1.807, 2.05) is 30.3 Å². The Balaban J connectivity index is 1.88. The first-order chi connectivity index (χ1) is 9.67. The predicted octanol–water partition coefficient (Wildman–Crippen LogP) is 2.23. The van der Waals surface area contributed by atoms with E-state index >= 15 is 0 Å². The number of benzene rings is 2. The van der Waals surface area contributed by atoms with Crippen LogP contribution in [0.4, 0.5) is 11.4 Å². The van der Waals surface area contributed by atoms with E-state index in [9.17, 15) is 4.79 Å². The summed E-state index contributed by atoms with van der Waals surface area (Å²) in [5.41, 5.74) is 9.95. The van der Waals surface area contributed by atoms with Crippen molar-refractivity contribution in [2.45, 2.75) is 13.0 Å². The molecular weight excluding hydrogens is 250 g/mol. The number of amides is 1. The number of anilines is 2. The lowest BCUT2D eigenvalue weighted by molar-refractivity contribution is -0.117. The molecule has 1 aliphatic heterocycles. The molecule has 0 unspecified atom stereocenters. The van der Waals surface area contributed by atoms with Crippen LogP contribution in [0, 0.1) is 11.3 Å². The molecule has 1 heterocycles. The molecule has 1 aliphatic rings. The van der Waals surface area contributed by atoms with Gasteiger partial charge in [0.15, 0.2) is 0 Å². The van der Waals surface area contributed by atoms with Crippen LogP contribution in [0.5, 0.6) is 0 Å². The molecule has 4 heteroatoms. The van der Waals surface area contributed by atoms with Gasteiger partial charge in [0.2, 0.25) is 5.91 Å². The summed E-state index contributed by atoms with van der Waals surface area (Å²) >= 11 is 0. The number of carbonyl (C=O) groups is 1. The Hall–Kier alpha value is -2.80. The average Bonchev–Trinajstić information content (AvgIpc) is 2.75. The van der Waals surface area contributed by atoms with Crippen LogP contribution in [0.1, 0.15) is 16.7 Å².